The van der Waals surface area contributed by atoms with Crippen molar-refractivity contribution in [3.8, 4) is 5.75 Å². The Morgan fingerprint density at radius 3 is 2.88 bits per heavy atom. The van der Waals surface area contributed by atoms with E-state index in [0.717, 1.165) is 4.88 Å². The molecule has 0 aliphatic carbocycles. The standard InChI is InChI=1S/C17H16ClN3O3S/c1-9-6-12-16(25-9)19-8-21(17(12)23)10(2)15(22)20-13-7-11(18)4-5-14(13)24-3/h4-8,10H,1-3H3,(H,20,22)/t10-/m1/s1. The lowest BCUT2D eigenvalue weighted by molar-refractivity contribution is -0.118. The van der Waals surface area contributed by atoms with E-state index < -0.39 is 6.04 Å². The first kappa shape index (κ1) is 17.4. The Balaban J connectivity index is 1.92. The predicted molar refractivity (Wildman–Crippen MR) is 100.0 cm³/mol. The van der Waals surface area contributed by atoms with Crippen LogP contribution in [0.2, 0.25) is 5.02 Å². The summed E-state index contributed by atoms with van der Waals surface area (Å²) >= 11 is 7.42. The van der Waals surface area contributed by atoms with Crippen molar-refractivity contribution in [2.24, 2.45) is 0 Å². The van der Waals surface area contributed by atoms with E-state index in [4.69, 9.17) is 16.3 Å². The summed E-state index contributed by atoms with van der Waals surface area (Å²) in [5.74, 6) is 0.120. The van der Waals surface area contributed by atoms with E-state index in [1.807, 2.05) is 6.92 Å². The van der Waals surface area contributed by atoms with Crippen LogP contribution in [-0.2, 0) is 4.79 Å². The zero-order chi connectivity index (χ0) is 18.1. The molecular weight excluding hydrogens is 362 g/mol. The van der Waals surface area contributed by atoms with Gasteiger partial charge in [-0.15, -0.1) is 11.3 Å². The highest BCUT2D eigenvalue weighted by atomic mass is 35.5. The van der Waals surface area contributed by atoms with Crippen LogP contribution in [0.25, 0.3) is 10.2 Å². The molecule has 0 saturated carbocycles. The monoisotopic (exact) mass is 377 g/mol. The highest BCUT2D eigenvalue weighted by molar-refractivity contribution is 7.18. The van der Waals surface area contributed by atoms with E-state index >= 15 is 0 Å². The number of halogens is 1. The molecule has 1 amide bonds. The van der Waals surface area contributed by atoms with Crippen LogP contribution in [0, 0.1) is 6.92 Å². The summed E-state index contributed by atoms with van der Waals surface area (Å²) in [7, 11) is 1.50. The number of carbonyl (C=O) groups is 1. The molecule has 130 valence electrons. The second-order valence-corrected chi connectivity index (χ2v) is 7.21. The number of hydrogen-bond donors (Lipinski definition) is 1. The van der Waals surface area contributed by atoms with Gasteiger partial charge in [-0.25, -0.2) is 4.98 Å². The Morgan fingerprint density at radius 2 is 2.16 bits per heavy atom. The molecule has 0 bridgehead atoms. The Hall–Kier alpha value is -2.38. The van der Waals surface area contributed by atoms with Crippen LogP contribution >= 0.6 is 22.9 Å². The number of aromatic nitrogens is 2. The number of benzene rings is 1. The fourth-order valence-corrected chi connectivity index (χ4v) is 3.48. The molecule has 1 N–H and O–H groups in total. The quantitative estimate of drug-likeness (QED) is 0.753. The van der Waals surface area contributed by atoms with Crippen molar-refractivity contribution in [3.05, 3.63) is 50.8 Å². The summed E-state index contributed by atoms with van der Waals surface area (Å²) in [4.78, 5) is 31.2. The number of fused-ring (bicyclic) bond motifs is 1. The Kier molecular flexibility index (Phi) is 4.78. The number of amides is 1. The molecule has 0 saturated heterocycles. The lowest BCUT2D eigenvalue weighted by Gasteiger charge is -2.16. The van der Waals surface area contributed by atoms with Crippen molar-refractivity contribution in [1.82, 2.24) is 9.55 Å². The highest BCUT2D eigenvalue weighted by Gasteiger charge is 2.20. The van der Waals surface area contributed by atoms with Gasteiger partial charge in [-0.3, -0.25) is 14.2 Å². The number of carbonyl (C=O) groups excluding carboxylic acids is 1. The third-order valence-corrected chi connectivity index (χ3v) is 5.01. The number of nitrogens with zero attached hydrogens (tertiary/aromatic N) is 2. The minimum absolute atomic E-state index is 0.241. The number of ether oxygens (including phenoxy) is 1. The molecule has 3 aromatic rings. The lowest BCUT2D eigenvalue weighted by atomic mass is 10.2. The summed E-state index contributed by atoms with van der Waals surface area (Å²) in [6.45, 7) is 3.55. The third-order valence-electron chi connectivity index (χ3n) is 3.82. The zero-order valence-electron chi connectivity index (χ0n) is 13.9. The zero-order valence-corrected chi connectivity index (χ0v) is 15.4. The molecular formula is C17H16ClN3O3S. The van der Waals surface area contributed by atoms with Crippen LogP contribution < -0.4 is 15.6 Å². The van der Waals surface area contributed by atoms with Gasteiger partial charge in [0.05, 0.1) is 24.5 Å². The summed E-state index contributed by atoms with van der Waals surface area (Å²) in [6.07, 6.45) is 1.40. The van der Waals surface area contributed by atoms with Gasteiger partial charge in [-0.1, -0.05) is 11.6 Å². The molecule has 0 aliphatic rings. The molecule has 3 rings (SSSR count). The normalized spacial score (nSPS) is 12.2. The molecule has 0 fully saturated rings. The summed E-state index contributed by atoms with van der Waals surface area (Å²) < 4.78 is 6.54. The number of hydrogen-bond acceptors (Lipinski definition) is 5. The Labute approximate surface area is 153 Å². The number of nitrogens with one attached hydrogen (secondary N) is 1. The third kappa shape index (κ3) is 3.38. The van der Waals surface area contributed by atoms with Crippen molar-refractivity contribution >= 4 is 44.7 Å². The predicted octanol–water partition coefficient (Wildman–Crippen LogP) is 3.63. The molecule has 1 atom stereocenters. The van der Waals surface area contributed by atoms with E-state index in [1.54, 1.807) is 31.2 Å². The lowest BCUT2D eigenvalue weighted by Crippen LogP contribution is -2.31. The maximum Gasteiger partial charge on any atom is 0.262 e. The second-order valence-electron chi connectivity index (χ2n) is 5.54. The van der Waals surface area contributed by atoms with Crippen LogP contribution in [0.5, 0.6) is 5.75 Å². The fraction of sp³-hybridized carbons (Fsp3) is 0.235. The van der Waals surface area contributed by atoms with Crippen molar-refractivity contribution in [2.75, 3.05) is 12.4 Å². The minimum atomic E-state index is -0.742. The van der Waals surface area contributed by atoms with Crippen molar-refractivity contribution in [1.29, 1.82) is 0 Å². The number of anilines is 1. The molecule has 2 aromatic heterocycles. The molecule has 0 radical (unpaired) electrons. The molecule has 0 unspecified atom stereocenters. The first-order valence-electron chi connectivity index (χ1n) is 7.52. The largest absolute Gasteiger partial charge is 0.495 e. The van der Waals surface area contributed by atoms with Crippen LogP contribution in [0.3, 0.4) is 0 Å². The molecule has 2 heterocycles. The molecule has 0 aliphatic heterocycles. The van der Waals surface area contributed by atoms with Gasteiger partial charge in [0, 0.05) is 9.90 Å². The van der Waals surface area contributed by atoms with Crippen molar-refractivity contribution in [3.63, 3.8) is 0 Å². The minimum Gasteiger partial charge on any atom is -0.495 e. The average molecular weight is 378 g/mol. The first-order valence-corrected chi connectivity index (χ1v) is 8.72. The smallest absolute Gasteiger partial charge is 0.262 e. The van der Waals surface area contributed by atoms with Crippen LogP contribution in [0.15, 0.2) is 35.4 Å². The van der Waals surface area contributed by atoms with E-state index in [1.165, 1.54) is 29.3 Å². The van der Waals surface area contributed by atoms with Crippen LogP contribution in [0.1, 0.15) is 17.8 Å². The fourth-order valence-electron chi connectivity index (χ4n) is 2.47. The molecule has 1 aromatic carbocycles. The van der Waals surface area contributed by atoms with E-state index in [2.05, 4.69) is 10.3 Å². The topological polar surface area (TPSA) is 73.2 Å². The van der Waals surface area contributed by atoms with E-state index in [9.17, 15) is 9.59 Å². The van der Waals surface area contributed by atoms with Crippen LogP contribution in [-0.4, -0.2) is 22.6 Å². The molecule has 25 heavy (non-hydrogen) atoms. The van der Waals surface area contributed by atoms with Gasteiger partial charge in [0.1, 0.15) is 16.6 Å². The number of aryl methyl sites for hydroxylation is 1. The number of thiophene rings is 1. The van der Waals surface area contributed by atoms with Crippen molar-refractivity contribution in [2.45, 2.75) is 19.9 Å². The van der Waals surface area contributed by atoms with Crippen molar-refractivity contribution < 1.29 is 9.53 Å². The molecule has 0 spiro atoms. The molecule has 8 heteroatoms. The SMILES string of the molecule is COc1ccc(Cl)cc1NC(=O)[C@@H](C)n1cnc2sc(C)cc2c1=O. The summed E-state index contributed by atoms with van der Waals surface area (Å²) in [5.41, 5.74) is 0.204. The van der Waals surface area contributed by atoms with Gasteiger partial charge in [-0.2, -0.15) is 0 Å². The molecule has 6 nitrogen and oxygen atoms in total. The van der Waals surface area contributed by atoms with Gasteiger partial charge < -0.3 is 10.1 Å². The van der Waals surface area contributed by atoms with Gasteiger partial charge >= 0.3 is 0 Å². The summed E-state index contributed by atoms with van der Waals surface area (Å²) in [6, 6.07) is 5.97. The Morgan fingerprint density at radius 1 is 1.40 bits per heavy atom. The highest BCUT2D eigenvalue weighted by Crippen LogP contribution is 2.28. The maximum absolute atomic E-state index is 12.6. The van der Waals surface area contributed by atoms with Crippen LogP contribution in [0.4, 0.5) is 5.69 Å². The van der Waals surface area contributed by atoms with Gasteiger partial charge in [0.2, 0.25) is 5.91 Å². The van der Waals surface area contributed by atoms with E-state index in [0.29, 0.717) is 26.7 Å². The van der Waals surface area contributed by atoms with Gasteiger partial charge in [0.25, 0.3) is 5.56 Å². The number of methoxy groups -OCH3 is 1. The maximum atomic E-state index is 12.6. The van der Waals surface area contributed by atoms with E-state index in [-0.39, 0.29) is 11.5 Å². The second kappa shape index (κ2) is 6.85. The summed E-state index contributed by atoms with van der Waals surface area (Å²) in [5, 5.41) is 3.74. The number of rotatable bonds is 4. The van der Waals surface area contributed by atoms with Gasteiger partial charge in [-0.05, 0) is 38.1 Å². The van der Waals surface area contributed by atoms with Gasteiger partial charge in [0.15, 0.2) is 0 Å². The Bertz CT molecular complexity index is 1010. The first-order chi connectivity index (χ1) is 11.9. The average Bonchev–Trinajstić information content (AvgIpc) is 2.96.